The summed E-state index contributed by atoms with van der Waals surface area (Å²) in [5, 5.41) is 13.4. The van der Waals surface area contributed by atoms with Crippen molar-refractivity contribution in [1.82, 2.24) is 15.2 Å². The zero-order valence-electron chi connectivity index (χ0n) is 10.9. The molecule has 1 aromatic rings. The lowest BCUT2D eigenvalue weighted by Gasteiger charge is -2.36. The maximum atomic E-state index is 9.90. The fourth-order valence-electron chi connectivity index (χ4n) is 3.27. The van der Waals surface area contributed by atoms with Crippen molar-refractivity contribution in [1.29, 1.82) is 0 Å². The Morgan fingerprint density at radius 3 is 3.22 bits per heavy atom. The van der Waals surface area contributed by atoms with Crippen LogP contribution in [0.2, 0.25) is 0 Å². The summed E-state index contributed by atoms with van der Waals surface area (Å²) in [7, 11) is 0. The Kier molecular flexibility index (Phi) is 3.22. The number of hydrogen-bond acceptors (Lipinski definition) is 4. The van der Waals surface area contributed by atoms with Crippen LogP contribution in [0.4, 0.5) is 0 Å². The van der Waals surface area contributed by atoms with Gasteiger partial charge in [0, 0.05) is 24.8 Å². The van der Waals surface area contributed by atoms with Gasteiger partial charge in [-0.3, -0.25) is 9.88 Å². The molecule has 4 heteroatoms. The first-order valence-electron chi connectivity index (χ1n) is 6.84. The molecule has 2 aliphatic rings. The number of likely N-dealkylation sites (tertiary alicyclic amines) is 1. The van der Waals surface area contributed by atoms with E-state index in [1.165, 1.54) is 12.8 Å². The van der Waals surface area contributed by atoms with Crippen molar-refractivity contribution in [2.24, 2.45) is 5.92 Å². The van der Waals surface area contributed by atoms with Gasteiger partial charge < -0.3 is 10.4 Å². The molecule has 2 saturated heterocycles. The molecule has 0 aromatic carbocycles. The Bertz CT molecular complexity index is 435. The van der Waals surface area contributed by atoms with Crippen molar-refractivity contribution in [2.75, 3.05) is 19.6 Å². The highest BCUT2D eigenvalue weighted by Crippen LogP contribution is 2.28. The lowest BCUT2D eigenvalue weighted by atomic mass is 9.92. The largest absolute Gasteiger partial charge is 0.506 e. The molecule has 0 amide bonds. The van der Waals surface area contributed by atoms with E-state index in [1.807, 2.05) is 13.0 Å². The number of nitrogens with zero attached hydrogens (tertiary/aromatic N) is 2. The first-order valence-corrected chi connectivity index (χ1v) is 6.84. The standard InChI is InChI=1S/C14H21N3O/c1-10-4-5-14(18)12(16-10)9-17-6-2-3-11-7-15-8-13(11)17/h4-5,11,13,15,18H,2-3,6-9H2,1H3. The van der Waals surface area contributed by atoms with Crippen LogP contribution < -0.4 is 5.32 Å². The van der Waals surface area contributed by atoms with Crippen molar-refractivity contribution in [3.63, 3.8) is 0 Å². The number of aromatic hydroxyl groups is 1. The molecular formula is C14H21N3O. The van der Waals surface area contributed by atoms with E-state index in [0.717, 1.165) is 43.5 Å². The second kappa shape index (κ2) is 4.86. The first-order chi connectivity index (χ1) is 8.74. The van der Waals surface area contributed by atoms with Crippen LogP contribution in [0.15, 0.2) is 12.1 Å². The summed E-state index contributed by atoms with van der Waals surface area (Å²) < 4.78 is 0. The summed E-state index contributed by atoms with van der Waals surface area (Å²) in [5.41, 5.74) is 1.79. The van der Waals surface area contributed by atoms with Gasteiger partial charge >= 0.3 is 0 Å². The molecule has 0 radical (unpaired) electrons. The fourth-order valence-corrected chi connectivity index (χ4v) is 3.27. The molecule has 3 rings (SSSR count). The van der Waals surface area contributed by atoms with E-state index in [1.54, 1.807) is 6.07 Å². The lowest BCUT2D eigenvalue weighted by molar-refractivity contribution is 0.115. The number of hydrogen-bond donors (Lipinski definition) is 2. The van der Waals surface area contributed by atoms with Crippen LogP contribution in [0.25, 0.3) is 0 Å². The Hall–Kier alpha value is -1.13. The highest BCUT2D eigenvalue weighted by molar-refractivity contribution is 5.27. The van der Waals surface area contributed by atoms with Crippen LogP contribution in [0, 0.1) is 12.8 Å². The fraction of sp³-hybridized carbons (Fsp3) is 0.643. The molecule has 4 nitrogen and oxygen atoms in total. The first kappa shape index (κ1) is 11.9. The number of piperidine rings is 1. The molecule has 3 heterocycles. The Labute approximate surface area is 108 Å². The van der Waals surface area contributed by atoms with Crippen LogP contribution in [-0.2, 0) is 6.54 Å². The summed E-state index contributed by atoms with van der Waals surface area (Å²) in [6.07, 6.45) is 2.59. The van der Waals surface area contributed by atoms with E-state index in [0.29, 0.717) is 11.8 Å². The summed E-state index contributed by atoms with van der Waals surface area (Å²) in [5.74, 6) is 1.11. The van der Waals surface area contributed by atoms with Crippen molar-refractivity contribution >= 4 is 0 Å². The highest BCUT2D eigenvalue weighted by Gasteiger charge is 2.35. The Morgan fingerprint density at radius 1 is 1.44 bits per heavy atom. The van der Waals surface area contributed by atoms with Crippen LogP contribution in [0.5, 0.6) is 5.75 Å². The van der Waals surface area contributed by atoms with Gasteiger partial charge in [-0.25, -0.2) is 0 Å². The smallest absolute Gasteiger partial charge is 0.138 e. The van der Waals surface area contributed by atoms with Gasteiger partial charge in [-0.1, -0.05) is 0 Å². The van der Waals surface area contributed by atoms with E-state index < -0.39 is 0 Å². The summed E-state index contributed by atoms with van der Waals surface area (Å²) in [6.45, 7) is 6.10. The van der Waals surface area contributed by atoms with E-state index in [4.69, 9.17) is 0 Å². The average molecular weight is 247 g/mol. The number of rotatable bonds is 2. The minimum absolute atomic E-state index is 0.327. The van der Waals surface area contributed by atoms with Gasteiger partial charge in [-0.2, -0.15) is 0 Å². The minimum atomic E-state index is 0.327. The molecule has 98 valence electrons. The quantitative estimate of drug-likeness (QED) is 0.826. The van der Waals surface area contributed by atoms with Crippen molar-refractivity contribution in [3.05, 3.63) is 23.5 Å². The monoisotopic (exact) mass is 247 g/mol. The molecule has 0 saturated carbocycles. The van der Waals surface area contributed by atoms with Crippen molar-refractivity contribution in [3.8, 4) is 5.75 Å². The van der Waals surface area contributed by atoms with Crippen LogP contribution in [-0.4, -0.2) is 40.7 Å². The number of fused-ring (bicyclic) bond motifs is 1. The predicted molar refractivity (Wildman–Crippen MR) is 70.4 cm³/mol. The van der Waals surface area contributed by atoms with Gasteiger partial charge in [0.05, 0.1) is 5.69 Å². The molecule has 2 aliphatic heterocycles. The van der Waals surface area contributed by atoms with Gasteiger partial charge in [-0.05, 0) is 50.9 Å². The van der Waals surface area contributed by atoms with E-state index in [9.17, 15) is 5.11 Å². The normalized spacial score (nSPS) is 28.3. The molecule has 2 unspecified atom stereocenters. The Balaban J connectivity index is 1.77. The zero-order valence-corrected chi connectivity index (χ0v) is 10.9. The number of nitrogens with one attached hydrogen (secondary N) is 1. The molecule has 2 atom stereocenters. The summed E-state index contributed by atoms with van der Waals surface area (Å²) in [6, 6.07) is 4.24. The van der Waals surface area contributed by atoms with E-state index in [-0.39, 0.29) is 0 Å². The molecule has 0 aliphatic carbocycles. The van der Waals surface area contributed by atoms with Gasteiger partial charge in [-0.15, -0.1) is 0 Å². The van der Waals surface area contributed by atoms with Gasteiger partial charge in [0.2, 0.25) is 0 Å². The van der Waals surface area contributed by atoms with Gasteiger partial charge in [0.15, 0.2) is 0 Å². The van der Waals surface area contributed by atoms with E-state index >= 15 is 0 Å². The minimum Gasteiger partial charge on any atom is -0.506 e. The van der Waals surface area contributed by atoms with Crippen LogP contribution in [0.1, 0.15) is 24.2 Å². The van der Waals surface area contributed by atoms with Gasteiger partial charge in [0.1, 0.15) is 5.75 Å². The molecule has 2 fully saturated rings. The second-order valence-electron chi connectivity index (χ2n) is 5.52. The number of pyridine rings is 1. The number of aromatic nitrogens is 1. The summed E-state index contributed by atoms with van der Waals surface area (Å²) >= 11 is 0. The maximum Gasteiger partial charge on any atom is 0.138 e. The second-order valence-corrected chi connectivity index (χ2v) is 5.52. The third-order valence-electron chi connectivity index (χ3n) is 4.24. The molecule has 18 heavy (non-hydrogen) atoms. The lowest BCUT2D eigenvalue weighted by Crippen LogP contribution is -2.44. The zero-order chi connectivity index (χ0) is 12.5. The SMILES string of the molecule is Cc1ccc(O)c(CN2CCCC3CNCC32)n1. The molecular weight excluding hydrogens is 226 g/mol. The van der Waals surface area contributed by atoms with E-state index in [2.05, 4.69) is 15.2 Å². The maximum absolute atomic E-state index is 9.90. The van der Waals surface area contributed by atoms with Crippen molar-refractivity contribution < 1.29 is 5.11 Å². The predicted octanol–water partition coefficient (Wildman–Crippen LogP) is 1.28. The Morgan fingerprint density at radius 2 is 2.33 bits per heavy atom. The van der Waals surface area contributed by atoms with Crippen molar-refractivity contribution in [2.45, 2.75) is 32.4 Å². The molecule has 0 bridgehead atoms. The van der Waals surface area contributed by atoms with Gasteiger partial charge in [0.25, 0.3) is 0 Å². The summed E-state index contributed by atoms with van der Waals surface area (Å²) in [4.78, 5) is 6.95. The molecule has 2 N–H and O–H groups in total. The third-order valence-corrected chi connectivity index (χ3v) is 4.24. The van der Waals surface area contributed by atoms with Crippen LogP contribution >= 0.6 is 0 Å². The highest BCUT2D eigenvalue weighted by atomic mass is 16.3. The molecule has 0 spiro atoms. The topological polar surface area (TPSA) is 48.4 Å². The third kappa shape index (κ3) is 2.22. The molecule has 1 aromatic heterocycles. The number of aryl methyl sites for hydroxylation is 1. The van der Waals surface area contributed by atoms with Crippen LogP contribution in [0.3, 0.4) is 0 Å². The average Bonchev–Trinajstić information content (AvgIpc) is 2.83.